The van der Waals surface area contributed by atoms with Crippen LogP contribution in [0.25, 0.3) is 0 Å². The average molecular weight is 279 g/mol. The van der Waals surface area contributed by atoms with Crippen LogP contribution in [-0.2, 0) is 9.53 Å². The van der Waals surface area contributed by atoms with Gasteiger partial charge in [-0.2, -0.15) is 0 Å². The van der Waals surface area contributed by atoms with Crippen LogP contribution in [0, 0.1) is 0 Å². The number of aliphatic hydroxyl groups is 2. The smallest absolute Gasteiger partial charge is 0.338 e. The maximum Gasteiger partial charge on any atom is 0.338 e. The van der Waals surface area contributed by atoms with E-state index >= 15 is 0 Å². The van der Waals surface area contributed by atoms with E-state index in [1.54, 1.807) is 13.0 Å². The fourth-order valence-corrected chi connectivity index (χ4v) is 2.42. The Hall–Kier alpha value is -1.59. The Morgan fingerprint density at radius 2 is 2.05 bits per heavy atom. The summed E-state index contributed by atoms with van der Waals surface area (Å²) in [5.74, 6) is -0.799. The molecule has 2 atom stereocenters. The Kier molecular flexibility index (Phi) is 4.98. The summed E-state index contributed by atoms with van der Waals surface area (Å²) in [6.45, 7) is 3.83. The quantitative estimate of drug-likeness (QED) is 0.794. The lowest BCUT2D eigenvalue weighted by Gasteiger charge is -2.21. The summed E-state index contributed by atoms with van der Waals surface area (Å²) < 4.78 is 4.72. The van der Waals surface area contributed by atoms with Gasteiger partial charge in [0.2, 0.25) is 0 Å². The highest BCUT2D eigenvalue weighted by Crippen LogP contribution is 2.25. The van der Waals surface area contributed by atoms with Gasteiger partial charge in [0.15, 0.2) is 6.10 Å². The summed E-state index contributed by atoms with van der Waals surface area (Å²) in [6.07, 6.45) is -0.489. The van der Waals surface area contributed by atoms with Crippen LogP contribution in [-0.4, -0.2) is 42.0 Å². The molecule has 2 N–H and O–H groups in total. The van der Waals surface area contributed by atoms with Crippen LogP contribution in [0.2, 0.25) is 0 Å². The van der Waals surface area contributed by atoms with Crippen molar-refractivity contribution in [1.29, 1.82) is 0 Å². The molecular weight excluding hydrogens is 258 g/mol. The minimum absolute atomic E-state index is 0.177. The summed E-state index contributed by atoms with van der Waals surface area (Å²) in [7, 11) is 0. The number of nitrogens with zero attached hydrogens (tertiary/aromatic N) is 1. The zero-order chi connectivity index (χ0) is 14.5. The zero-order valence-corrected chi connectivity index (χ0v) is 11.7. The molecule has 20 heavy (non-hydrogen) atoms. The van der Waals surface area contributed by atoms with Crippen molar-refractivity contribution < 1.29 is 19.7 Å². The SMILES string of the molecule is CCOC(=O)C(O)C(O)c1cccc(N2CCCC2)c1. The number of hydrogen-bond donors (Lipinski definition) is 2. The fraction of sp³-hybridized carbons (Fsp3) is 0.533. The maximum absolute atomic E-state index is 11.5. The molecule has 2 rings (SSSR count). The molecule has 1 aliphatic rings. The van der Waals surface area contributed by atoms with Gasteiger partial charge >= 0.3 is 5.97 Å². The predicted molar refractivity (Wildman–Crippen MR) is 75.5 cm³/mol. The maximum atomic E-state index is 11.5. The van der Waals surface area contributed by atoms with Crippen molar-refractivity contribution in [3.05, 3.63) is 29.8 Å². The molecule has 5 nitrogen and oxygen atoms in total. The molecule has 0 saturated carbocycles. The normalized spacial score (nSPS) is 17.9. The molecule has 1 fully saturated rings. The highest BCUT2D eigenvalue weighted by atomic mass is 16.5. The predicted octanol–water partition coefficient (Wildman–Crippen LogP) is 1.24. The van der Waals surface area contributed by atoms with E-state index in [0.29, 0.717) is 5.56 Å². The van der Waals surface area contributed by atoms with Crippen molar-refractivity contribution in [2.24, 2.45) is 0 Å². The largest absolute Gasteiger partial charge is 0.464 e. The zero-order valence-electron chi connectivity index (χ0n) is 11.7. The lowest BCUT2D eigenvalue weighted by Crippen LogP contribution is -2.30. The van der Waals surface area contributed by atoms with Crippen LogP contribution in [0.4, 0.5) is 5.69 Å². The van der Waals surface area contributed by atoms with Gasteiger partial charge in [0, 0.05) is 18.8 Å². The Morgan fingerprint density at radius 3 is 2.70 bits per heavy atom. The molecule has 110 valence electrons. The molecular formula is C15H21NO4. The number of carbonyl (C=O) groups is 1. The Balaban J connectivity index is 2.11. The van der Waals surface area contributed by atoms with Crippen molar-refractivity contribution in [3.63, 3.8) is 0 Å². The topological polar surface area (TPSA) is 70.0 Å². The molecule has 1 aromatic carbocycles. The van der Waals surface area contributed by atoms with Crippen LogP contribution < -0.4 is 4.90 Å². The molecule has 0 spiro atoms. The number of aliphatic hydroxyl groups excluding tert-OH is 2. The van der Waals surface area contributed by atoms with Gasteiger partial charge < -0.3 is 19.8 Å². The van der Waals surface area contributed by atoms with Crippen LogP contribution >= 0.6 is 0 Å². The highest BCUT2D eigenvalue weighted by molar-refractivity contribution is 5.75. The molecule has 1 heterocycles. The Labute approximate surface area is 118 Å². The van der Waals surface area contributed by atoms with Crippen molar-refractivity contribution in [3.8, 4) is 0 Å². The second kappa shape index (κ2) is 6.72. The summed E-state index contributed by atoms with van der Waals surface area (Å²) >= 11 is 0. The summed E-state index contributed by atoms with van der Waals surface area (Å²) in [4.78, 5) is 13.7. The molecule has 0 amide bonds. The summed E-state index contributed by atoms with van der Waals surface area (Å²) in [5, 5.41) is 19.9. The van der Waals surface area contributed by atoms with Crippen molar-refractivity contribution >= 4 is 11.7 Å². The molecule has 0 radical (unpaired) electrons. The van der Waals surface area contributed by atoms with Crippen molar-refractivity contribution in [2.75, 3.05) is 24.6 Å². The van der Waals surface area contributed by atoms with E-state index in [-0.39, 0.29) is 6.61 Å². The first-order chi connectivity index (χ1) is 9.63. The van der Waals surface area contributed by atoms with Gasteiger partial charge in [-0.3, -0.25) is 0 Å². The van der Waals surface area contributed by atoms with Crippen LogP contribution in [0.3, 0.4) is 0 Å². The number of rotatable bonds is 5. The van der Waals surface area contributed by atoms with Gasteiger partial charge in [-0.1, -0.05) is 12.1 Å². The van der Waals surface area contributed by atoms with Crippen molar-refractivity contribution in [2.45, 2.75) is 32.0 Å². The van der Waals surface area contributed by atoms with Crippen molar-refractivity contribution in [1.82, 2.24) is 0 Å². The standard InChI is InChI=1S/C15H21NO4/c1-2-20-15(19)14(18)13(17)11-6-5-7-12(10-11)16-8-3-4-9-16/h5-7,10,13-14,17-18H,2-4,8-9H2,1H3. The van der Waals surface area contributed by atoms with E-state index in [1.165, 1.54) is 0 Å². The third-order valence-electron chi connectivity index (χ3n) is 3.51. The van der Waals surface area contributed by atoms with Gasteiger partial charge in [0.05, 0.1) is 6.61 Å². The van der Waals surface area contributed by atoms with E-state index in [9.17, 15) is 15.0 Å². The lowest BCUT2D eigenvalue weighted by molar-refractivity contribution is -0.159. The lowest BCUT2D eigenvalue weighted by atomic mass is 10.0. The summed E-state index contributed by atoms with van der Waals surface area (Å²) in [5.41, 5.74) is 1.53. The molecule has 2 unspecified atom stereocenters. The number of esters is 1. The molecule has 1 saturated heterocycles. The number of carbonyl (C=O) groups excluding carboxylic acids is 1. The summed E-state index contributed by atoms with van der Waals surface area (Å²) in [6, 6.07) is 7.31. The minimum Gasteiger partial charge on any atom is -0.464 e. The highest BCUT2D eigenvalue weighted by Gasteiger charge is 2.27. The molecule has 5 heteroatoms. The van der Waals surface area contributed by atoms with Gasteiger partial charge in [-0.05, 0) is 37.5 Å². The Bertz CT molecular complexity index is 457. The first-order valence-electron chi connectivity index (χ1n) is 7.01. The fourth-order valence-electron chi connectivity index (χ4n) is 2.42. The second-order valence-corrected chi connectivity index (χ2v) is 4.93. The van der Waals surface area contributed by atoms with E-state index in [0.717, 1.165) is 31.6 Å². The molecule has 0 aromatic heterocycles. The van der Waals surface area contributed by atoms with E-state index < -0.39 is 18.2 Å². The van der Waals surface area contributed by atoms with Crippen LogP contribution in [0.15, 0.2) is 24.3 Å². The molecule has 0 aliphatic carbocycles. The van der Waals surface area contributed by atoms with E-state index in [4.69, 9.17) is 4.74 Å². The van der Waals surface area contributed by atoms with Gasteiger partial charge in [0.25, 0.3) is 0 Å². The monoisotopic (exact) mass is 279 g/mol. The second-order valence-electron chi connectivity index (χ2n) is 4.93. The Morgan fingerprint density at radius 1 is 1.35 bits per heavy atom. The average Bonchev–Trinajstić information content (AvgIpc) is 3.00. The number of anilines is 1. The van der Waals surface area contributed by atoms with Crippen LogP contribution in [0.5, 0.6) is 0 Å². The molecule has 1 aromatic rings. The van der Waals surface area contributed by atoms with E-state index in [2.05, 4.69) is 4.90 Å². The van der Waals surface area contributed by atoms with E-state index in [1.807, 2.05) is 18.2 Å². The first kappa shape index (κ1) is 14.8. The number of benzene rings is 1. The minimum atomic E-state index is -1.55. The van der Waals surface area contributed by atoms with Gasteiger partial charge in [0.1, 0.15) is 6.10 Å². The molecule has 1 aliphatic heterocycles. The third-order valence-corrected chi connectivity index (χ3v) is 3.51. The number of hydrogen-bond acceptors (Lipinski definition) is 5. The first-order valence-corrected chi connectivity index (χ1v) is 7.01. The van der Waals surface area contributed by atoms with Crippen LogP contribution in [0.1, 0.15) is 31.4 Å². The van der Waals surface area contributed by atoms with Gasteiger partial charge in [-0.25, -0.2) is 4.79 Å². The van der Waals surface area contributed by atoms with Gasteiger partial charge in [-0.15, -0.1) is 0 Å². The number of ether oxygens (including phenoxy) is 1. The third kappa shape index (κ3) is 3.29. The molecule has 0 bridgehead atoms.